The number of pyridine rings is 1. The molecule has 72 valence electrons. The van der Waals surface area contributed by atoms with Gasteiger partial charge in [0.05, 0.1) is 7.11 Å². The lowest BCUT2D eigenvalue weighted by Gasteiger charge is -1.96. The zero-order chi connectivity index (χ0) is 10.4. The summed E-state index contributed by atoms with van der Waals surface area (Å²) in [6, 6.07) is 5.14. The Morgan fingerprint density at radius 3 is 3.07 bits per heavy atom. The van der Waals surface area contributed by atoms with Crippen molar-refractivity contribution in [2.24, 2.45) is 0 Å². The van der Waals surface area contributed by atoms with Gasteiger partial charge in [0, 0.05) is 6.07 Å². The third-order valence-corrected chi connectivity index (χ3v) is 1.39. The van der Waals surface area contributed by atoms with Gasteiger partial charge >= 0.3 is 5.97 Å². The van der Waals surface area contributed by atoms with Gasteiger partial charge < -0.3 is 9.84 Å². The molecule has 4 heteroatoms. The first-order valence-electron chi connectivity index (χ1n) is 3.94. The second-order valence-corrected chi connectivity index (χ2v) is 2.44. The molecule has 1 N–H and O–H groups in total. The van der Waals surface area contributed by atoms with Crippen molar-refractivity contribution in [2.75, 3.05) is 7.11 Å². The Hall–Kier alpha value is -2.02. The predicted molar refractivity (Wildman–Crippen MR) is 49.9 cm³/mol. The maximum absolute atomic E-state index is 10.2. The fourth-order valence-corrected chi connectivity index (χ4v) is 0.808. The van der Waals surface area contributed by atoms with E-state index < -0.39 is 5.97 Å². The first-order chi connectivity index (χ1) is 6.72. The van der Waals surface area contributed by atoms with Crippen LogP contribution in [0.3, 0.4) is 0 Å². The summed E-state index contributed by atoms with van der Waals surface area (Å²) in [7, 11) is 1.51. The van der Waals surface area contributed by atoms with Gasteiger partial charge in [0.25, 0.3) is 0 Å². The van der Waals surface area contributed by atoms with E-state index in [4.69, 9.17) is 9.84 Å². The van der Waals surface area contributed by atoms with Crippen LogP contribution in [0.2, 0.25) is 0 Å². The molecule has 0 aromatic carbocycles. The molecule has 0 aliphatic heterocycles. The third kappa shape index (κ3) is 3.15. The highest BCUT2D eigenvalue weighted by atomic mass is 16.5. The summed E-state index contributed by atoms with van der Waals surface area (Å²) < 4.78 is 4.89. The molecule has 1 rings (SSSR count). The van der Waals surface area contributed by atoms with Crippen molar-refractivity contribution in [2.45, 2.75) is 6.42 Å². The highest BCUT2D eigenvalue weighted by molar-refractivity contribution is 5.70. The quantitative estimate of drug-likeness (QED) is 0.706. The Balaban J connectivity index is 2.74. The summed E-state index contributed by atoms with van der Waals surface area (Å²) in [5.41, 5.74) is 0.505. The lowest BCUT2D eigenvalue weighted by molar-refractivity contribution is -0.135. The van der Waals surface area contributed by atoms with Crippen LogP contribution in [-0.4, -0.2) is 23.2 Å². The van der Waals surface area contributed by atoms with E-state index >= 15 is 0 Å². The molecule has 4 nitrogen and oxygen atoms in total. The molecule has 0 bridgehead atoms. The topological polar surface area (TPSA) is 59.4 Å². The van der Waals surface area contributed by atoms with Gasteiger partial charge in [-0.2, -0.15) is 0 Å². The van der Waals surface area contributed by atoms with Crippen molar-refractivity contribution in [1.29, 1.82) is 0 Å². The number of hydrogen-bond donors (Lipinski definition) is 1. The van der Waals surface area contributed by atoms with Crippen LogP contribution in [0, 0.1) is 11.8 Å². The Bertz CT molecular complexity index is 390. The van der Waals surface area contributed by atoms with Crippen molar-refractivity contribution in [3.63, 3.8) is 0 Å². The molecule has 1 aromatic rings. The number of carboxylic acid groups (broad SMARTS) is 1. The molecule has 0 aliphatic carbocycles. The van der Waals surface area contributed by atoms with Gasteiger partial charge in [0.1, 0.15) is 12.1 Å². The smallest absolute Gasteiger partial charge is 0.315 e. The van der Waals surface area contributed by atoms with Crippen LogP contribution in [0.1, 0.15) is 12.1 Å². The minimum Gasteiger partial charge on any atom is -0.481 e. The van der Waals surface area contributed by atoms with Crippen molar-refractivity contribution < 1.29 is 14.6 Å². The maximum Gasteiger partial charge on any atom is 0.315 e. The number of aromatic nitrogens is 1. The fourth-order valence-electron chi connectivity index (χ4n) is 0.808. The van der Waals surface area contributed by atoms with Gasteiger partial charge in [-0.25, -0.2) is 4.98 Å². The number of carboxylic acids is 1. The normalized spacial score (nSPS) is 8.64. The molecule has 1 aromatic heterocycles. The largest absolute Gasteiger partial charge is 0.481 e. The van der Waals surface area contributed by atoms with E-state index in [0.29, 0.717) is 11.6 Å². The highest BCUT2D eigenvalue weighted by Gasteiger charge is 1.93. The van der Waals surface area contributed by atoms with Crippen LogP contribution < -0.4 is 4.74 Å². The van der Waals surface area contributed by atoms with Gasteiger partial charge in [-0.15, -0.1) is 0 Å². The van der Waals surface area contributed by atoms with E-state index in [1.165, 1.54) is 7.11 Å². The standard InChI is InChI=1S/C10H9NO3/c1-14-9-6-2-4-8(11-9)5-3-7-10(12)13/h2,4,6H,7H2,1H3,(H,12,13). The number of nitrogens with zero attached hydrogens (tertiary/aromatic N) is 1. The zero-order valence-electron chi connectivity index (χ0n) is 7.65. The summed E-state index contributed by atoms with van der Waals surface area (Å²) in [4.78, 5) is 14.2. The Kier molecular flexibility index (Phi) is 3.50. The first kappa shape index (κ1) is 10.1. The van der Waals surface area contributed by atoms with Gasteiger partial charge in [0.2, 0.25) is 5.88 Å². The summed E-state index contributed by atoms with van der Waals surface area (Å²) in [5.74, 6) is 4.63. The monoisotopic (exact) mass is 191 g/mol. The molecule has 0 saturated carbocycles. The third-order valence-electron chi connectivity index (χ3n) is 1.39. The summed E-state index contributed by atoms with van der Waals surface area (Å²) in [6.07, 6.45) is -0.182. The van der Waals surface area contributed by atoms with Crippen LogP contribution in [0.15, 0.2) is 18.2 Å². The van der Waals surface area contributed by atoms with Crippen LogP contribution in [0.5, 0.6) is 5.88 Å². The first-order valence-corrected chi connectivity index (χ1v) is 3.94. The highest BCUT2D eigenvalue weighted by Crippen LogP contribution is 2.05. The Morgan fingerprint density at radius 1 is 1.64 bits per heavy atom. The Morgan fingerprint density at radius 2 is 2.43 bits per heavy atom. The van der Waals surface area contributed by atoms with Crippen molar-refractivity contribution >= 4 is 5.97 Å². The van der Waals surface area contributed by atoms with Gasteiger partial charge in [0.15, 0.2) is 0 Å². The lowest BCUT2D eigenvalue weighted by Crippen LogP contribution is -1.91. The zero-order valence-corrected chi connectivity index (χ0v) is 7.65. The van der Waals surface area contributed by atoms with Crippen LogP contribution in [-0.2, 0) is 4.79 Å². The maximum atomic E-state index is 10.2. The molecule has 1 heterocycles. The second-order valence-electron chi connectivity index (χ2n) is 2.44. The second kappa shape index (κ2) is 4.87. The lowest BCUT2D eigenvalue weighted by atomic mass is 10.3. The average Bonchev–Trinajstić information content (AvgIpc) is 2.18. The molecule has 0 saturated heterocycles. The van der Waals surface area contributed by atoms with E-state index in [1.54, 1.807) is 18.2 Å². The van der Waals surface area contributed by atoms with Crippen molar-refractivity contribution in [3.05, 3.63) is 23.9 Å². The van der Waals surface area contributed by atoms with E-state index in [9.17, 15) is 4.79 Å². The van der Waals surface area contributed by atoms with Crippen molar-refractivity contribution in [1.82, 2.24) is 4.98 Å². The minimum absolute atomic E-state index is 0.182. The molecule has 0 radical (unpaired) electrons. The summed E-state index contributed by atoms with van der Waals surface area (Å²) in [5, 5.41) is 8.34. The predicted octanol–water partition coefficient (Wildman–Crippen LogP) is 0.916. The van der Waals surface area contributed by atoms with Gasteiger partial charge in [-0.1, -0.05) is 12.0 Å². The summed E-state index contributed by atoms with van der Waals surface area (Å²) >= 11 is 0. The molecular formula is C10H9NO3. The minimum atomic E-state index is -0.944. The van der Waals surface area contributed by atoms with Crippen LogP contribution in [0.4, 0.5) is 0 Å². The number of carbonyl (C=O) groups is 1. The van der Waals surface area contributed by atoms with E-state index in [1.807, 2.05) is 0 Å². The van der Waals surface area contributed by atoms with Crippen LogP contribution in [0.25, 0.3) is 0 Å². The number of aliphatic carboxylic acids is 1. The van der Waals surface area contributed by atoms with Gasteiger partial charge in [-0.05, 0) is 12.0 Å². The summed E-state index contributed by atoms with van der Waals surface area (Å²) in [6.45, 7) is 0. The average molecular weight is 191 g/mol. The van der Waals surface area contributed by atoms with Crippen molar-refractivity contribution in [3.8, 4) is 17.7 Å². The van der Waals surface area contributed by atoms with Crippen LogP contribution >= 0.6 is 0 Å². The fraction of sp³-hybridized carbons (Fsp3) is 0.200. The molecular weight excluding hydrogens is 182 g/mol. The molecule has 0 fully saturated rings. The molecule has 0 aliphatic rings. The number of methoxy groups -OCH3 is 1. The van der Waals surface area contributed by atoms with E-state index in [2.05, 4.69) is 16.8 Å². The Labute approximate surface area is 81.5 Å². The molecule has 0 spiro atoms. The molecule has 0 atom stereocenters. The number of hydrogen-bond acceptors (Lipinski definition) is 3. The molecule has 0 amide bonds. The molecule has 0 unspecified atom stereocenters. The molecule has 14 heavy (non-hydrogen) atoms. The SMILES string of the molecule is COc1cccc(C#CCC(=O)O)n1. The number of ether oxygens (including phenoxy) is 1. The number of rotatable bonds is 2. The van der Waals surface area contributed by atoms with E-state index in [-0.39, 0.29) is 6.42 Å². The van der Waals surface area contributed by atoms with Gasteiger partial charge in [-0.3, -0.25) is 4.79 Å². The van der Waals surface area contributed by atoms with E-state index in [0.717, 1.165) is 0 Å².